The van der Waals surface area contributed by atoms with Crippen molar-refractivity contribution in [1.82, 2.24) is 19.7 Å². The minimum atomic E-state index is -0.0846. The van der Waals surface area contributed by atoms with Crippen molar-refractivity contribution in [1.29, 1.82) is 0 Å². The molecule has 3 heterocycles. The molecule has 0 unspecified atom stereocenters. The van der Waals surface area contributed by atoms with Gasteiger partial charge in [-0.05, 0) is 30.7 Å². The third kappa shape index (κ3) is 4.09. The molecule has 1 aromatic carbocycles. The zero-order chi connectivity index (χ0) is 20.4. The van der Waals surface area contributed by atoms with Crippen LogP contribution in [0.2, 0.25) is 10.2 Å². The lowest BCUT2D eigenvalue weighted by molar-refractivity contribution is 0.0746. The molecular weight excluding hydrogens is 409 g/mol. The van der Waals surface area contributed by atoms with Gasteiger partial charge in [0.1, 0.15) is 11.0 Å². The van der Waals surface area contributed by atoms with E-state index in [1.54, 1.807) is 10.9 Å². The molecule has 0 atom stereocenters. The summed E-state index contributed by atoms with van der Waals surface area (Å²) in [5.41, 5.74) is 1.99. The van der Waals surface area contributed by atoms with Crippen LogP contribution >= 0.6 is 23.2 Å². The van der Waals surface area contributed by atoms with Crippen LogP contribution in [0.3, 0.4) is 0 Å². The number of aromatic nitrogens is 3. The maximum absolute atomic E-state index is 13.1. The normalized spacial score (nSPS) is 14.3. The van der Waals surface area contributed by atoms with Gasteiger partial charge < -0.3 is 9.80 Å². The van der Waals surface area contributed by atoms with E-state index in [1.807, 2.05) is 54.3 Å². The molecule has 0 aliphatic carbocycles. The molecule has 0 spiro atoms. The quantitative estimate of drug-likeness (QED) is 0.630. The van der Waals surface area contributed by atoms with Crippen LogP contribution in [0.4, 0.5) is 5.82 Å². The molecule has 0 saturated carbocycles. The summed E-state index contributed by atoms with van der Waals surface area (Å²) in [5, 5.41) is 5.48. The lowest BCUT2D eigenvalue weighted by Crippen LogP contribution is -2.49. The first-order valence-corrected chi connectivity index (χ1v) is 10.2. The van der Waals surface area contributed by atoms with Crippen LogP contribution in [0.25, 0.3) is 0 Å². The van der Waals surface area contributed by atoms with Gasteiger partial charge in [-0.1, -0.05) is 47.5 Å². The number of amides is 1. The molecule has 4 rings (SSSR count). The number of anilines is 1. The molecule has 1 aliphatic rings. The summed E-state index contributed by atoms with van der Waals surface area (Å²) in [4.78, 5) is 21.5. The van der Waals surface area contributed by atoms with Crippen LogP contribution < -0.4 is 4.90 Å². The number of aryl methyl sites for hydroxylation is 1. The van der Waals surface area contributed by atoms with Crippen molar-refractivity contribution < 1.29 is 4.79 Å². The van der Waals surface area contributed by atoms with E-state index >= 15 is 0 Å². The molecule has 0 radical (unpaired) electrons. The molecule has 1 fully saturated rings. The van der Waals surface area contributed by atoms with Crippen molar-refractivity contribution >= 4 is 34.9 Å². The van der Waals surface area contributed by atoms with E-state index in [9.17, 15) is 4.79 Å². The van der Waals surface area contributed by atoms with Gasteiger partial charge in [0, 0.05) is 37.4 Å². The summed E-state index contributed by atoms with van der Waals surface area (Å²) in [6.07, 6.45) is 1.78. The summed E-state index contributed by atoms with van der Waals surface area (Å²) < 4.78 is 1.63. The number of piperazine rings is 1. The highest BCUT2D eigenvalue weighted by Gasteiger charge is 2.28. The third-order valence-corrected chi connectivity index (χ3v) is 5.85. The molecule has 0 N–H and O–H groups in total. The third-order valence-electron chi connectivity index (χ3n) is 5.10. The predicted octanol–water partition coefficient (Wildman–Crippen LogP) is 3.90. The van der Waals surface area contributed by atoms with Crippen molar-refractivity contribution in [2.45, 2.75) is 13.5 Å². The second-order valence-electron chi connectivity index (χ2n) is 6.97. The topological polar surface area (TPSA) is 54.3 Å². The van der Waals surface area contributed by atoms with Crippen LogP contribution in [-0.4, -0.2) is 51.8 Å². The highest BCUT2D eigenvalue weighted by molar-refractivity contribution is 6.33. The maximum atomic E-state index is 13.1. The number of rotatable bonds is 4. The second-order valence-corrected chi connectivity index (χ2v) is 7.73. The van der Waals surface area contributed by atoms with Crippen molar-refractivity contribution in [3.05, 3.63) is 75.7 Å². The predicted molar refractivity (Wildman–Crippen MR) is 115 cm³/mol. The lowest BCUT2D eigenvalue weighted by atomic mass is 10.2. The Labute approximate surface area is 179 Å². The minimum absolute atomic E-state index is 0.0846. The Hall–Kier alpha value is -2.57. The van der Waals surface area contributed by atoms with Crippen LogP contribution in [-0.2, 0) is 6.54 Å². The van der Waals surface area contributed by atoms with E-state index in [0.717, 1.165) is 24.5 Å². The van der Waals surface area contributed by atoms with Gasteiger partial charge in [0.2, 0.25) is 0 Å². The van der Waals surface area contributed by atoms with Gasteiger partial charge >= 0.3 is 0 Å². The standard InChI is InChI=1S/C21H21Cl2N5O/c1-15-19(20(23)28(25-15)14-16-6-2-3-7-17(16)22)21(29)27-12-10-26(11-13-27)18-8-4-5-9-24-18/h2-9H,10-14H2,1H3. The minimum Gasteiger partial charge on any atom is -0.353 e. The fourth-order valence-electron chi connectivity index (χ4n) is 3.53. The maximum Gasteiger partial charge on any atom is 0.259 e. The van der Waals surface area contributed by atoms with Gasteiger partial charge in [0.15, 0.2) is 0 Å². The van der Waals surface area contributed by atoms with E-state index in [4.69, 9.17) is 23.2 Å². The highest BCUT2D eigenvalue weighted by atomic mass is 35.5. The summed E-state index contributed by atoms with van der Waals surface area (Å²) in [5.74, 6) is 0.847. The number of benzene rings is 1. The molecule has 1 aliphatic heterocycles. The summed E-state index contributed by atoms with van der Waals surface area (Å²) in [6.45, 7) is 4.91. The van der Waals surface area contributed by atoms with Crippen molar-refractivity contribution in [3.63, 3.8) is 0 Å². The van der Waals surface area contributed by atoms with Crippen LogP contribution in [0.1, 0.15) is 21.6 Å². The fourth-order valence-corrected chi connectivity index (χ4v) is 4.04. The summed E-state index contributed by atoms with van der Waals surface area (Å²) in [7, 11) is 0. The number of carbonyl (C=O) groups excluding carboxylic acids is 1. The molecular formula is C21H21Cl2N5O. The number of carbonyl (C=O) groups is 1. The van der Waals surface area contributed by atoms with E-state index in [2.05, 4.69) is 15.0 Å². The van der Waals surface area contributed by atoms with Crippen molar-refractivity contribution in [2.75, 3.05) is 31.1 Å². The van der Waals surface area contributed by atoms with E-state index in [1.165, 1.54) is 0 Å². The largest absolute Gasteiger partial charge is 0.353 e. The van der Waals surface area contributed by atoms with E-state index in [-0.39, 0.29) is 5.91 Å². The highest BCUT2D eigenvalue weighted by Crippen LogP contribution is 2.25. The molecule has 1 amide bonds. The molecule has 1 saturated heterocycles. The molecule has 150 valence electrons. The second kappa shape index (κ2) is 8.43. The number of nitrogens with zero attached hydrogens (tertiary/aromatic N) is 5. The van der Waals surface area contributed by atoms with E-state index in [0.29, 0.717) is 41.1 Å². The Morgan fingerprint density at radius 2 is 1.76 bits per heavy atom. The smallest absolute Gasteiger partial charge is 0.259 e. The van der Waals surface area contributed by atoms with Gasteiger partial charge in [-0.2, -0.15) is 5.10 Å². The van der Waals surface area contributed by atoms with Crippen LogP contribution in [0.5, 0.6) is 0 Å². The van der Waals surface area contributed by atoms with Gasteiger partial charge in [-0.25, -0.2) is 9.67 Å². The Morgan fingerprint density at radius 1 is 1.03 bits per heavy atom. The lowest BCUT2D eigenvalue weighted by Gasteiger charge is -2.35. The Bertz CT molecular complexity index is 1010. The Kier molecular flexibility index (Phi) is 5.74. The molecule has 6 nitrogen and oxygen atoms in total. The van der Waals surface area contributed by atoms with Crippen molar-refractivity contribution in [3.8, 4) is 0 Å². The molecule has 8 heteroatoms. The first-order valence-electron chi connectivity index (χ1n) is 9.46. The molecule has 0 bridgehead atoms. The van der Waals surface area contributed by atoms with Gasteiger partial charge in [-0.15, -0.1) is 0 Å². The Morgan fingerprint density at radius 3 is 2.45 bits per heavy atom. The van der Waals surface area contributed by atoms with E-state index < -0.39 is 0 Å². The monoisotopic (exact) mass is 429 g/mol. The van der Waals surface area contributed by atoms with Gasteiger partial charge in [-0.3, -0.25) is 4.79 Å². The summed E-state index contributed by atoms with van der Waals surface area (Å²) >= 11 is 12.8. The first-order chi connectivity index (χ1) is 14.0. The van der Waals surface area contributed by atoms with Gasteiger partial charge in [0.05, 0.1) is 17.8 Å². The number of hydrogen-bond acceptors (Lipinski definition) is 4. The SMILES string of the molecule is Cc1nn(Cc2ccccc2Cl)c(Cl)c1C(=O)N1CCN(c2ccccn2)CC1. The number of pyridine rings is 1. The number of hydrogen-bond donors (Lipinski definition) is 0. The molecule has 2 aromatic heterocycles. The Balaban J connectivity index is 1.48. The fraction of sp³-hybridized carbons (Fsp3) is 0.286. The number of halogens is 2. The van der Waals surface area contributed by atoms with Crippen molar-refractivity contribution in [2.24, 2.45) is 0 Å². The average molecular weight is 430 g/mol. The van der Waals surface area contributed by atoms with Crippen LogP contribution in [0, 0.1) is 6.92 Å². The molecule has 29 heavy (non-hydrogen) atoms. The zero-order valence-electron chi connectivity index (χ0n) is 16.1. The zero-order valence-corrected chi connectivity index (χ0v) is 17.6. The average Bonchev–Trinajstić information content (AvgIpc) is 3.03. The molecule has 3 aromatic rings. The first kappa shape index (κ1) is 19.7. The van der Waals surface area contributed by atoms with Crippen LogP contribution in [0.15, 0.2) is 48.7 Å². The summed E-state index contributed by atoms with van der Waals surface area (Å²) in [6, 6.07) is 13.4. The van der Waals surface area contributed by atoms with Gasteiger partial charge in [0.25, 0.3) is 5.91 Å².